The molecular formula is C15H21ClN2O2. The highest BCUT2D eigenvalue weighted by Gasteiger charge is 2.38. The fourth-order valence-electron chi connectivity index (χ4n) is 3.20. The third-order valence-corrected chi connectivity index (χ3v) is 4.23. The number of carbonyl (C=O) groups is 1. The van der Waals surface area contributed by atoms with Crippen molar-refractivity contribution >= 4 is 18.3 Å². The van der Waals surface area contributed by atoms with E-state index in [2.05, 4.69) is 10.2 Å². The summed E-state index contributed by atoms with van der Waals surface area (Å²) in [6, 6.07) is 8.20. The van der Waals surface area contributed by atoms with Gasteiger partial charge in [0, 0.05) is 24.2 Å². The van der Waals surface area contributed by atoms with E-state index in [-0.39, 0.29) is 18.3 Å². The van der Waals surface area contributed by atoms with Gasteiger partial charge in [-0.2, -0.15) is 0 Å². The fourth-order valence-corrected chi connectivity index (χ4v) is 3.20. The van der Waals surface area contributed by atoms with E-state index in [1.54, 1.807) is 7.11 Å². The zero-order valence-electron chi connectivity index (χ0n) is 11.7. The predicted molar refractivity (Wildman–Crippen MR) is 80.7 cm³/mol. The zero-order chi connectivity index (χ0) is 13.2. The molecule has 1 amide bonds. The number of benzene rings is 1. The standard InChI is InChI=1S/C15H20N2O2.ClH/c1-19-14-6-2-11(3-7-14)15(18)17-12-4-5-13(17)10-16-9-8-12;/h2-3,6-7,12-13,16H,4-5,8-10H2,1H3;1H. The molecule has 0 saturated carbocycles. The Balaban J connectivity index is 0.00000147. The molecule has 2 atom stereocenters. The van der Waals surface area contributed by atoms with Gasteiger partial charge in [-0.25, -0.2) is 0 Å². The molecule has 20 heavy (non-hydrogen) atoms. The van der Waals surface area contributed by atoms with Crippen LogP contribution in [-0.4, -0.2) is 43.1 Å². The topological polar surface area (TPSA) is 41.6 Å². The number of nitrogens with zero attached hydrogens (tertiary/aromatic N) is 1. The van der Waals surface area contributed by atoms with Crippen LogP contribution in [0.4, 0.5) is 0 Å². The smallest absolute Gasteiger partial charge is 0.254 e. The number of fused-ring (bicyclic) bond motifs is 2. The highest BCUT2D eigenvalue weighted by Crippen LogP contribution is 2.29. The Morgan fingerprint density at radius 3 is 2.60 bits per heavy atom. The molecule has 2 aliphatic rings. The summed E-state index contributed by atoms with van der Waals surface area (Å²) >= 11 is 0. The average molecular weight is 297 g/mol. The second-order valence-corrected chi connectivity index (χ2v) is 5.32. The number of hydrogen-bond donors (Lipinski definition) is 1. The molecule has 2 unspecified atom stereocenters. The van der Waals surface area contributed by atoms with Crippen molar-refractivity contribution in [2.24, 2.45) is 0 Å². The molecule has 1 aromatic carbocycles. The lowest BCUT2D eigenvalue weighted by Gasteiger charge is -2.28. The Labute approximate surface area is 125 Å². The van der Waals surface area contributed by atoms with Crippen LogP contribution in [-0.2, 0) is 0 Å². The second-order valence-electron chi connectivity index (χ2n) is 5.32. The average Bonchev–Trinajstić information content (AvgIpc) is 2.71. The van der Waals surface area contributed by atoms with E-state index in [0.717, 1.165) is 43.7 Å². The Morgan fingerprint density at radius 1 is 1.20 bits per heavy atom. The Kier molecular flexibility index (Phi) is 4.89. The van der Waals surface area contributed by atoms with Crippen LogP contribution in [0.5, 0.6) is 5.75 Å². The molecule has 4 nitrogen and oxygen atoms in total. The number of hydrogen-bond acceptors (Lipinski definition) is 3. The summed E-state index contributed by atoms with van der Waals surface area (Å²) in [5, 5.41) is 3.42. The van der Waals surface area contributed by atoms with E-state index in [9.17, 15) is 4.79 Å². The predicted octanol–water partition coefficient (Wildman–Crippen LogP) is 2.08. The number of nitrogens with one attached hydrogen (secondary N) is 1. The first kappa shape index (κ1) is 15.1. The molecule has 3 rings (SSSR count). The quantitative estimate of drug-likeness (QED) is 0.908. The highest BCUT2D eigenvalue weighted by atomic mass is 35.5. The van der Waals surface area contributed by atoms with E-state index >= 15 is 0 Å². The lowest BCUT2D eigenvalue weighted by molar-refractivity contribution is 0.0680. The first-order valence-corrected chi connectivity index (χ1v) is 6.97. The molecule has 0 radical (unpaired) electrons. The van der Waals surface area contributed by atoms with Crippen molar-refractivity contribution < 1.29 is 9.53 Å². The van der Waals surface area contributed by atoms with Gasteiger partial charge in [0.15, 0.2) is 0 Å². The minimum Gasteiger partial charge on any atom is -0.497 e. The Bertz CT molecular complexity index is 449. The highest BCUT2D eigenvalue weighted by molar-refractivity contribution is 5.95. The van der Waals surface area contributed by atoms with Crippen LogP contribution in [0.15, 0.2) is 24.3 Å². The van der Waals surface area contributed by atoms with Gasteiger partial charge in [0.25, 0.3) is 5.91 Å². The summed E-state index contributed by atoms with van der Waals surface area (Å²) in [6.07, 6.45) is 3.34. The number of methoxy groups -OCH3 is 1. The summed E-state index contributed by atoms with van der Waals surface area (Å²) in [7, 11) is 1.64. The van der Waals surface area contributed by atoms with Gasteiger partial charge < -0.3 is 15.0 Å². The minimum absolute atomic E-state index is 0. The third-order valence-electron chi connectivity index (χ3n) is 4.23. The first-order chi connectivity index (χ1) is 9.29. The van der Waals surface area contributed by atoms with Gasteiger partial charge in [0.2, 0.25) is 0 Å². The van der Waals surface area contributed by atoms with Gasteiger partial charge in [0.1, 0.15) is 5.75 Å². The van der Waals surface area contributed by atoms with Crippen molar-refractivity contribution in [1.82, 2.24) is 10.2 Å². The third kappa shape index (κ3) is 2.76. The maximum absolute atomic E-state index is 12.7. The lowest BCUT2D eigenvalue weighted by Crippen LogP contribution is -2.42. The fraction of sp³-hybridized carbons (Fsp3) is 0.533. The molecule has 110 valence electrons. The number of carbonyl (C=O) groups excluding carboxylic acids is 1. The molecule has 2 aliphatic heterocycles. The summed E-state index contributed by atoms with van der Waals surface area (Å²) < 4.78 is 5.13. The maximum atomic E-state index is 12.7. The van der Waals surface area contributed by atoms with E-state index in [1.165, 1.54) is 0 Å². The molecule has 2 fully saturated rings. The van der Waals surface area contributed by atoms with Crippen LogP contribution in [0, 0.1) is 0 Å². The molecule has 0 aromatic heterocycles. The van der Waals surface area contributed by atoms with Crippen LogP contribution < -0.4 is 10.1 Å². The zero-order valence-corrected chi connectivity index (χ0v) is 12.5. The summed E-state index contributed by atoms with van der Waals surface area (Å²) in [5.74, 6) is 0.955. The van der Waals surface area contributed by atoms with Gasteiger partial charge in [-0.3, -0.25) is 4.79 Å². The molecule has 2 bridgehead atoms. The van der Waals surface area contributed by atoms with Crippen molar-refractivity contribution in [3.05, 3.63) is 29.8 Å². The molecule has 2 saturated heterocycles. The van der Waals surface area contributed by atoms with Gasteiger partial charge in [-0.1, -0.05) is 0 Å². The number of amides is 1. The van der Waals surface area contributed by atoms with E-state index in [1.807, 2.05) is 24.3 Å². The van der Waals surface area contributed by atoms with Crippen LogP contribution in [0.3, 0.4) is 0 Å². The number of rotatable bonds is 2. The van der Waals surface area contributed by atoms with Gasteiger partial charge >= 0.3 is 0 Å². The Morgan fingerprint density at radius 2 is 1.90 bits per heavy atom. The van der Waals surface area contributed by atoms with Crippen LogP contribution in [0.1, 0.15) is 29.6 Å². The van der Waals surface area contributed by atoms with Crippen LogP contribution in [0.25, 0.3) is 0 Å². The van der Waals surface area contributed by atoms with Crippen molar-refractivity contribution in [2.75, 3.05) is 20.2 Å². The van der Waals surface area contributed by atoms with Crippen LogP contribution in [0.2, 0.25) is 0 Å². The van der Waals surface area contributed by atoms with Crippen molar-refractivity contribution in [3.63, 3.8) is 0 Å². The van der Waals surface area contributed by atoms with Crippen molar-refractivity contribution in [2.45, 2.75) is 31.3 Å². The molecular weight excluding hydrogens is 276 g/mol. The van der Waals surface area contributed by atoms with Crippen molar-refractivity contribution in [1.29, 1.82) is 0 Å². The van der Waals surface area contributed by atoms with Gasteiger partial charge in [0.05, 0.1) is 7.11 Å². The van der Waals surface area contributed by atoms with Crippen molar-refractivity contribution in [3.8, 4) is 5.75 Å². The maximum Gasteiger partial charge on any atom is 0.254 e. The summed E-state index contributed by atoms with van der Waals surface area (Å²) in [5.41, 5.74) is 0.764. The normalized spacial score (nSPS) is 24.8. The summed E-state index contributed by atoms with van der Waals surface area (Å²) in [6.45, 7) is 1.95. The minimum atomic E-state index is 0. The SMILES string of the molecule is COc1ccc(C(=O)N2C3CCNCC2CC3)cc1.Cl. The molecule has 0 aliphatic carbocycles. The molecule has 0 spiro atoms. The molecule has 1 aromatic rings. The largest absolute Gasteiger partial charge is 0.497 e. The molecule has 2 heterocycles. The molecule has 5 heteroatoms. The first-order valence-electron chi connectivity index (χ1n) is 6.97. The lowest BCUT2D eigenvalue weighted by atomic mass is 10.1. The second kappa shape index (κ2) is 6.46. The van der Waals surface area contributed by atoms with E-state index in [4.69, 9.17) is 4.74 Å². The van der Waals surface area contributed by atoms with E-state index in [0.29, 0.717) is 12.1 Å². The van der Waals surface area contributed by atoms with Gasteiger partial charge in [-0.15, -0.1) is 12.4 Å². The number of ether oxygens (including phenoxy) is 1. The molecule has 1 N–H and O–H groups in total. The van der Waals surface area contributed by atoms with Gasteiger partial charge in [-0.05, 0) is 50.1 Å². The van der Waals surface area contributed by atoms with E-state index < -0.39 is 0 Å². The number of halogens is 1. The Hall–Kier alpha value is -1.26. The van der Waals surface area contributed by atoms with Crippen LogP contribution >= 0.6 is 12.4 Å². The monoisotopic (exact) mass is 296 g/mol. The summed E-state index contributed by atoms with van der Waals surface area (Å²) in [4.78, 5) is 14.8.